The first-order valence-electron chi connectivity index (χ1n) is 12.9. The molecule has 0 radical (unpaired) electrons. The maximum absolute atomic E-state index is 14.1. The Hall–Kier alpha value is -3.56. The molecule has 3 aromatic rings. The fraction of sp³-hybridized carbons (Fsp3) is 0.333. The number of hydrogen-bond donors (Lipinski definition) is 1. The number of aryl methyl sites for hydroxylation is 1. The highest BCUT2D eigenvalue weighted by molar-refractivity contribution is 7.92. The lowest BCUT2D eigenvalue weighted by molar-refractivity contribution is -0.140. The summed E-state index contributed by atoms with van der Waals surface area (Å²) in [5.41, 5.74) is 2.95. The van der Waals surface area contributed by atoms with Crippen LogP contribution in [-0.4, -0.2) is 57.1 Å². The summed E-state index contributed by atoms with van der Waals surface area (Å²) in [5, 5.41) is 3.14. The number of amides is 2. The van der Waals surface area contributed by atoms with Gasteiger partial charge in [-0.1, -0.05) is 71.8 Å². The van der Waals surface area contributed by atoms with Crippen LogP contribution >= 0.6 is 11.6 Å². The van der Waals surface area contributed by atoms with Crippen LogP contribution in [-0.2, 0) is 32.6 Å². The summed E-state index contributed by atoms with van der Waals surface area (Å²) in [5.74, 6) is -0.477. The van der Waals surface area contributed by atoms with Gasteiger partial charge in [-0.25, -0.2) is 8.42 Å². The number of anilines is 1. The minimum absolute atomic E-state index is 0.114. The van der Waals surface area contributed by atoms with Crippen LogP contribution in [0.5, 0.6) is 5.75 Å². The molecule has 0 saturated heterocycles. The molecule has 214 valence electrons. The van der Waals surface area contributed by atoms with Crippen molar-refractivity contribution in [3.05, 3.63) is 94.5 Å². The molecule has 0 heterocycles. The van der Waals surface area contributed by atoms with Crippen LogP contribution in [0.25, 0.3) is 0 Å². The average molecular weight is 586 g/mol. The number of sulfonamides is 1. The van der Waals surface area contributed by atoms with Crippen molar-refractivity contribution in [2.45, 2.75) is 45.8 Å². The molecule has 0 fully saturated rings. The molecule has 0 saturated carbocycles. The van der Waals surface area contributed by atoms with Crippen molar-refractivity contribution in [3.8, 4) is 5.75 Å². The van der Waals surface area contributed by atoms with Gasteiger partial charge in [0.1, 0.15) is 18.3 Å². The molecule has 3 rings (SSSR count). The summed E-state index contributed by atoms with van der Waals surface area (Å²) in [6.07, 6.45) is 1.28. The number of ether oxygens (including phenoxy) is 1. The van der Waals surface area contributed by atoms with Crippen LogP contribution < -0.4 is 14.4 Å². The van der Waals surface area contributed by atoms with E-state index in [-0.39, 0.29) is 35.6 Å². The van der Waals surface area contributed by atoms with Gasteiger partial charge >= 0.3 is 0 Å². The smallest absolute Gasteiger partial charge is 0.244 e. The Morgan fingerprint density at radius 3 is 2.17 bits per heavy atom. The highest BCUT2D eigenvalue weighted by Crippen LogP contribution is 2.30. The van der Waals surface area contributed by atoms with Crippen LogP contribution in [0.15, 0.2) is 72.8 Å². The minimum Gasteiger partial charge on any atom is -0.495 e. The lowest BCUT2D eigenvalue weighted by atomic mass is 10.0. The number of nitrogens with one attached hydrogen (secondary N) is 1. The molecule has 0 bridgehead atoms. The zero-order chi connectivity index (χ0) is 29.4. The summed E-state index contributed by atoms with van der Waals surface area (Å²) in [7, 11) is -2.44. The molecule has 10 heteroatoms. The number of carbonyl (C=O) groups is 2. The molecule has 1 N–H and O–H groups in total. The quantitative estimate of drug-likeness (QED) is 0.335. The molecule has 8 nitrogen and oxygen atoms in total. The normalized spacial score (nSPS) is 12.1. The molecule has 40 heavy (non-hydrogen) atoms. The highest BCUT2D eigenvalue weighted by atomic mass is 35.5. The Morgan fingerprint density at radius 1 is 0.975 bits per heavy atom. The van der Waals surface area contributed by atoms with E-state index in [0.29, 0.717) is 5.75 Å². The molecule has 3 aromatic carbocycles. The Morgan fingerprint density at radius 2 is 1.62 bits per heavy atom. The van der Waals surface area contributed by atoms with Gasteiger partial charge in [-0.05, 0) is 50.1 Å². The average Bonchev–Trinajstić information content (AvgIpc) is 2.89. The zero-order valence-electron chi connectivity index (χ0n) is 23.4. The van der Waals surface area contributed by atoms with Gasteiger partial charge < -0.3 is 15.0 Å². The van der Waals surface area contributed by atoms with E-state index in [1.165, 1.54) is 24.1 Å². The molecular formula is C30H36ClN3O5S. The van der Waals surface area contributed by atoms with Crippen LogP contribution in [0.2, 0.25) is 5.02 Å². The predicted molar refractivity (Wildman–Crippen MR) is 159 cm³/mol. The van der Waals surface area contributed by atoms with Gasteiger partial charge in [-0.15, -0.1) is 0 Å². The van der Waals surface area contributed by atoms with Gasteiger partial charge in [-0.3, -0.25) is 13.9 Å². The Labute approximate surface area is 241 Å². The van der Waals surface area contributed by atoms with Crippen LogP contribution in [0.3, 0.4) is 0 Å². The summed E-state index contributed by atoms with van der Waals surface area (Å²) < 4.78 is 32.0. The molecule has 2 amide bonds. The second-order valence-corrected chi connectivity index (χ2v) is 12.3. The van der Waals surface area contributed by atoms with Crippen molar-refractivity contribution >= 4 is 39.1 Å². The van der Waals surface area contributed by atoms with E-state index in [4.69, 9.17) is 16.3 Å². The molecule has 0 aliphatic carbocycles. The van der Waals surface area contributed by atoms with E-state index in [9.17, 15) is 18.0 Å². The van der Waals surface area contributed by atoms with Gasteiger partial charge in [0.25, 0.3) is 0 Å². The molecule has 1 atom stereocenters. The van der Waals surface area contributed by atoms with Gasteiger partial charge in [0, 0.05) is 19.0 Å². The standard InChI is InChI=1S/C30H36ClN3O5S/c1-21(2)32-30(36)27(17-23-9-7-6-8-10-23)33(19-24-13-11-22(3)12-14-24)29(35)20-34(40(5,37)38)25-15-16-28(39-4)26(31)18-25/h6-16,18,21,27H,17,19-20H2,1-5H3,(H,32,36). The third kappa shape index (κ3) is 8.47. The first-order chi connectivity index (χ1) is 18.9. The number of hydrogen-bond acceptors (Lipinski definition) is 5. The minimum atomic E-state index is -3.90. The van der Waals surface area contributed by atoms with E-state index in [2.05, 4.69) is 5.32 Å². The maximum atomic E-state index is 14.1. The molecular weight excluding hydrogens is 550 g/mol. The van der Waals surface area contributed by atoms with Crippen molar-refractivity contribution in [3.63, 3.8) is 0 Å². The Bertz CT molecular complexity index is 1410. The molecule has 1 unspecified atom stereocenters. The fourth-order valence-corrected chi connectivity index (χ4v) is 5.34. The maximum Gasteiger partial charge on any atom is 0.244 e. The highest BCUT2D eigenvalue weighted by Gasteiger charge is 2.33. The zero-order valence-corrected chi connectivity index (χ0v) is 25.0. The van der Waals surface area contributed by atoms with Crippen molar-refractivity contribution in [2.24, 2.45) is 0 Å². The van der Waals surface area contributed by atoms with Crippen molar-refractivity contribution in [1.29, 1.82) is 0 Å². The third-order valence-electron chi connectivity index (χ3n) is 6.28. The molecule has 0 aromatic heterocycles. The number of benzene rings is 3. The van der Waals surface area contributed by atoms with Gasteiger partial charge in [0.2, 0.25) is 21.8 Å². The summed E-state index contributed by atoms with van der Waals surface area (Å²) in [6, 6.07) is 20.5. The number of rotatable bonds is 12. The second-order valence-electron chi connectivity index (χ2n) is 9.96. The van der Waals surface area contributed by atoms with E-state index < -0.39 is 28.5 Å². The first-order valence-corrected chi connectivity index (χ1v) is 15.1. The van der Waals surface area contributed by atoms with Crippen molar-refractivity contribution < 1.29 is 22.7 Å². The molecule has 0 aliphatic rings. The summed E-state index contributed by atoms with van der Waals surface area (Å²) in [4.78, 5) is 29.1. The fourth-order valence-electron chi connectivity index (χ4n) is 4.25. The van der Waals surface area contributed by atoms with Crippen LogP contribution in [0.4, 0.5) is 5.69 Å². The Balaban J connectivity index is 2.06. The number of methoxy groups -OCH3 is 1. The second kappa shape index (κ2) is 13.7. The lowest BCUT2D eigenvalue weighted by Crippen LogP contribution is -2.54. The number of nitrogens with zero attached hydrogens (tertiary/aromatic N) is 2. The monoisotopic (exact) mass is 585 g/mol. The van der Waals surface area contributed by atoms with Crippen molar-refractivity contribution in [2.75, 3.05) is 24.2 Å². The van der Waals surface area contributed by atoms with Gasteiger partial charge in [0.05, 0.1) is 24.1 Å². The SMILES string of the molecule is COc1ccc(N(CC(=O)N(Cc2ccc(C)cc2)C(Cc2ccccc2)C(=O)NC(C)C)S(C)(=O)=O)cc1Cl. The van der Waals surface area contributed by atoms with Crippen LogP contribution in [0, 0.1) is 6.92 Å². The van der Waals surface area contributed by atoms with Crippen molar-refractivity contribution in [1.82, 2.24) is 10.2 Å². The lowest BCUT2D eigenvalue weighted by Gasteiger charge is -2.34. The molecule has 0 spiro atoms. The van der Waals surface area contributed by atoms with E-state index in [1.807, 2.05) is 75.4 Å². The Kier molecular flexibility index (Phi) is 10.6. The summed E-state index contributed by atoms with van der Waals surface area (Å²) in [6.45, 7) is 5.26. The summed E-state index contributed by atoms with van der Waals surface area (Å²) >= 11 is 6.28. The number of halogens is 1. The van der Waals surface area contributed by atoms with Gasteiger partial charge in [0.15, 0.2) is 0 Å². The predicted octanol–water partition coefficient (Wildman–Crippen LogP) is 4.59. The topological polar surface area (TPSA) is 96.0 Å². The third-order valence-corrected chi connectivity index (χ3v) is 7.71. The van der Waals surface area contributed by atoms with Gasteiger partial charge in [-0.2, -0.15) is 0 Å². The largest absolute Gasteiger partial charge is 0.495 e. The van der Waals surface area contributed by atoms with Crippen LogP contribution in [0.1, 0.15) is 30.5 Å². The van der Waals surface area contributed by atoms with E-state index >= 15 is 0 Å². The van der Waals surface area contributed by atoms with E-state index in [1.54, 1.807) is 6.07 Å². The molecule has 0 aliphatic heterocycles. The first kappa shape index (κ1) is 31.0. The number of carbonyl (C=O) groups excluding carboxylic acids is 2. The van der Waals surface area contributed by atoms with E-state index in [0.717, 1.165) is 27.3 Å².